The summed E-state index contributed by atoms with van der Waals surface area (Å²) in [6.07, 6.45) is 5.47. The second-order valence-corrected chi connectivity index (χ2v) is 28.9. The fraction of sp³-hybridized carbons (Fsp3) is 0.397. The highest BCUT2D eigenvalue weighted by Crippen LogP contribution is 2.48. The first-order valence-corrected chi connectivity index (χ1v) is 36.7. The van der Waals surface area contributed by atoms with Gasteiger partial charge < -0.3 is 75.7 Å². The monoisotopic (exact) mass is 1480 g/mol. The number of rotatable bonds is 32. The minimum absolute atomic E-state index is 0.00224. The average Bonchev–Trinajstić information content (AvgIpc) is 1.60. The highest BCUT2D eigenvalue weighted by atomic mass is 35.5. The van der Waals surface area contributed by atoms with Gasteiger partial charge in [-0.2, -0.15) is 0 Å². The molecule has 10 rings (SSSR count). The summed E-state index contributed by atoms with van der Waals surface area (Å²) in [6, 6.07) is 17.8. The molecule has 32 nitrogen and oxygen atoms in total. The maximum Gasteiger partial charge on any atom is 0.257 e. The number of fused-ring (bicyclic) bond motifs is 5. The van der Waals surface area contributed by atoms with Gasteiger partial charge in [0.15, 0.2) is 5.79 Å². The van der Waals surface area contributed by atoms with E-state index in [1.807, 2.05) is 6.92 Å². The van der Waals surface area contributed by atoms with Crippen molar-refractivity contribution >= 4 is 83.5 Å². The zero-order valence-electron chi connectivity index (χ0n) is 56.7. The summed E-state index contributed by atoms with van der Waals surface area (Å²) in [5.41, 5.74) is 4.64. The number of benzene rings is 3. The van der Waals surface area contributed by atoms with Gasteiger partial charge in [0.05, 0.1) is 100 Å². The Balaban J connectivity index is 0.609. The van der Waals surface area contributed by atoms with E-state index in [1.54, 1.807) is 60.0 Å². The minimum atomic E-state index is -3.79. The van der Waals surface area contributed by atoms with Crippen LogP contribution < -0.4 is 42.8 Å². The van der Waals surface area contributed by atoms with Gasteiger partial charge in [0.1, 0.15) is 31.6 Å². The molecular weight excluding hydrogens is 1400 g/mol. The molecular formula is C68H76ClN13O19S2. The third-order valence-electron chi connectivity index (χ3n) is 17.4. The molecule has 3 aromatic carbocycles. The first-order chi connectivity index (χ1) is 49.0. The normalized spacial score (nSPS) is 16.9. The number of sulfone groups is 2. The predicted octanol–water partition coefficient (Wildman–Crippen LogP) is 0.694. The van der Waals surface area contributed by atoms with Crippen LogP contribution in [0.15, 0.2) is 100 Å². The highest BCUT2D eigenvalue weighted by Gasteiger charge is 2.53. The summed E-state index contributed by atoms with van der Waals surface area (Å²) in [5, 5.41) is 41.5. The van der Waals surface area contributed by atoms with Crippen LogP contribution in [0.25, 0.3) is 44.8 Å². The molecule has 3 aliphatic rings. The molecule has 0 saturated heterocycles. The smallest absolute Gasteiger partial charge is 0.257 e. The molecule has 7 amide bonds. The van der Waals surface area contributed by atoms with Gasteiger partial charge in [-0.1, -0.05) is 48.9 Å². The van der Waals surface area contributed by atoms with E-state index in [-0.39, 0.29) is 93.7 Å². The molecule has 1 aliphatic carbocycles. The van der Waals surface area contributed by atoms with E-state index in [0.29, 0.717) is 57.0 Å². The Hall–Kier alpha value is -9.62. The van der Waals surface area contributed by atoms with Gasteiger partial charge >= 0.3 is 0 Å². The van der Waals surface area contributed by atoms with Crippen LogP contribution in [-0.4, -0.2) is 201 Å². The Morgan fingerprint density at radius 2 is 1.32 bits per heavy atom. The van der Waals surface area contributed by atoms with Crippen LogP contribution in [0.1, 0.15) is 82.0 Å². The molecule has 2 aliphatic heterocycles. The molecule has 546 valence electrons. The first kappa shape index (κ1) is 76.0. The largest absolute Gasteiger partial charge is 0.379 e. The zero-order valence-corrected chi connectivity index (χ0v) is 59.1. The number of hydrogen-bond acceptors (Lipinski definition) is 24. The molecule has 0 saturated carbocycles. The van der Waals surface area contributed by atoms with E-state index < -0.39 is 140 Å². The number of amides is 7. The molecule has 103 heavy (non-hydrogen) atoms. The number of halogens is 1. The van der Waals surface area contributed by atoms with Crippen LogP contribution in [-0.2, 0) is 104 Å². The van der Waals surface area contributed by atoms with Gasteiger partial charge in [-0.15, -0.1) is 0 Å². The van der Waals surface area contributed by atoms with Crippen molar-refractivity contribution in [3.05, 3.63) is 145 Å². The molecule has 0 fully saturated rings. The van der Waals surface area contributed by atoms with Gasteiger partial charge in [0.2, 0.25) is 65.4 Å². The summed E-state index contributed by atoms with van der Waals surface area (Å²) in [6.45, 7) is 2.37. The third kappa shape index (κ3) is 18.2. The molecule has 0 bridgehead atoms. The number of aliphatic hydroxyl groups is 2. The lowest BCUT2D eigenvalue weighted by Gasteiger charge is -2.44. The Bertz CT molecular complexity index is 4660. The second-order valence-electron chi connectivity index (χ2n) is 24.7. The molecule has 4 aromatic heterocycles. The fourth-order valence-electron chi connectivity index (χ4n) is 12.1. The molecule has 1 unspecified atom stereocenters. The van der Waals surface area contributed by atoms with Crippen molar-refractivity contribution in [1.82, 2.24) is 66.7 Å². The Morgan fingerprint density at radius 1 is 0.709 bits per heavy atom. The van der Waals surface area contributed by atoms with Crippen molar-refractivity contribution in [2.75, 3.05) is 91.7 Å². The van der Waals surface area contributed by atoms with Gasteiger partial charge in [0.25, 0.3) is 11.5 Å². The van der Waals surface area contributed by atoms with Gasteiger partial charge in [-0.3, -0.25) is 38.4 Å². The van der Waals surface area contributed by atoms with Crippen molar-refractivity contribution < 1.29 is 84.3 Å². The third-order valence-corrected chi connectivity index (χ3v) is 19.5. The van der Waals surface area contributed by atoms with Crippen LogP contribution in [0, 0.1) is 6.92 Å². The number of nitrogens with zero attached hydrogens (tertiary/aromatic N) is 6. The fourth-order valence-corrected chi connectivity index (χ4v) is 13.3. The summed E-state index contributed by atoms with van der Waals surface area (Å²) in [7, 11) is -7.58. The summed E-state index contributed by atoms with van der Waals surface area (Å²) in [5.74, 6) is -6.57. The lowest BCUT2D eigenvalue weighted by atomic mass is 9.79. The topological polar surface area (TPSA) is 445 Å². The maximum atomic E-state index is 14.2. The lowest BCUT2D eigenvalue weighted by molar-refractivity contribution is -0.311. The van der Waals surface area contributed by atoms with Gasteiger partial charge in [-0.25, -0.2) is 41.8 Å². The number of nitrogens with one attached hydrogen (secondary N) is 7. The van der Waals surface area contributed by atoms with Crippen molar-refractivity contribution in [2.24, 2.45) is 0 Å². The number of carbonyl (C=O) groups is 7. The number of carbonyl (C=O) groups excluding carboxylic acids is 7. The van der Waals surface area contributed by atoms with E-state index >= 15 is 0 Å². The number of ether oxygens (including phenoxy) is 5. The second kappa shape index (κ2) is 32.8. The van der Waals surface area contributed by atoms with E-state index in [0.717, 1.165) is 34.6 Å². The van der Waals surface area contributed by atoms with Crippen LogP contribution in [0.2, 0.25) is 5.02 Å². The number of pyridine rings is 2. The predicted molar refractivity (Wildman–Crippen MR) is 369 cm³/mol. The summed E-state index contributed by atoms with van der Waals surface area (Å²) in [4.78, 5) is 127. The lowest BCUT2D eigenvalue weighted by Crippen LogP contribution is -2.55. The van der Waals surface area contributed by atoms with E-state index in [4.69, 9.17) is 40.3 Å². The van der Waals surface area contributed by atoms with E-state index in [9.17, 15) is 65.4 Å². The van der Waals surface area contributed by atoms with E-state index in [2.05, 4.69) is 57.2 Å². The Kier molecular flexibility index (Phi) is 24.2. The maximum absolute atomic E-state index is 14.2. The van der Waals surface area contributed by atoms with Gasteiger partial charge in [0, 0.05) is 81.7 Å². The van der Waals surface area contributed by atoms with Crippen LogP contribution in [0.5, 0.6) is 0 Å². The molecule has 4 atom stereocenters. The Labute approximate surface area is 595 Å². The molecule has 6 heterocycles. The van der Waals surface area contributed by atoms with E-state index in [1.165, 1.54) is 43.6 Å². The molecule has 0 spiro atoms. The van der Waals surface area contributed by atoms with Crippen LogP contribution >= 0.6 is 11.6 Å². The molecule has 0 radical (unpaired) electrons. The SMILES string of the molecule is CC[C@]1(O)c2cc3n(c(=O)c2COC1(C)O)Cc1c-3nc2cc(Cl)c(C)c3c2c1[C@@H](NC(=O)COCNC(=O)CNC(=O)[C@H](Cc1ccccc1)NC(=O)CNC(=O)CNC(=O)COCCOCCOCCNC(=O)c1cc(-c2ccnc(S(C)(=O)=O)n2)cc(-c2ccnc(S(C)(=O)=O)n2)c1)CC3. The number of hydrogen-bond donors (Lipinski definition) is 9. The van der Waals surface area contributed by atoms with Crippen LogP contribution in [0.4, 0.5) is 0 Å². The van der Waals surface area contributed by atoms with Crippen LogP contribution in [0.3, 0.4) is 0 Å². The highest BCUT2D eigenvalue weighted by molar-refractivity contribution is 7.90. The van der Waals surface area contributed by atoms with Gasteiger partial charge in [-0.05, 0) is 97.8 Å². The Morgan fingerprint density at radius 3 is 1.98 bits per heavy atom. The summed E-state index contributed by atoms with van der Waals surface area (Å²) < 4.78 is 78.0. The first-order valence-electron chi connectivity index (χ1n) is 32.6. The molecule has 9 N–H and O–H groups in total. The number of aryl methyl sites for hydroxylation is 1. The average molecular weight is 1480 g/mol. The molecule has 7 aromatic rings. The molecule has 35 heteroatoms. The zero-order chi connectivity index (χ0) is 74.0. The minimum Gasteiger partial charge on any atom is -0.379 e. The van der Waals surface area contributed by atoms with Crippen molar-refractivity contribution in [3.8, 4) is 33.9 Å². The summed E-state index contributed by atoms with van der Waals surface area (Å²) >= 11 is 6.75. The van der Waals surface area contributed by atoms with Crippen molar-refractivity contribution in [3.63, 3.8) is 0 Å². The van der Waals surface area contributed by atoms with Crippen molar-refractivity contribution in [1.29, 1.82) is 0 Å². The standard InChI is InChI=1S/C68H76ClN13O19S2/c1-6-68(92)46-28-53-61-44(33-82(53)64(90)45(46)34-101-67(68,3)91)60-50(13-12-43-38(2)47(69)29-51(79-61)59(43)60)77-58(87)36-100-37-76-55(84)31-75-63(89)52(24-39-10-8-7-9-11-39)78-56(85)32-73-54(83)30-74-57(86)35-99-23-22-98-21-20-97-19-18-70-62(88)42-26-40(48-14-16-71-65(80-48)102(4,93)94)25-41(27-42)49-15-17-72-66(81-49)103(5,95)96/h7-11,14-17,25-29,50,52,91-92H,6,12-13,18-24,30-37H2,1-5H3,(H,70,88)(H,73,83)(H,74,86)(H,75,89)(H,76,84)(H,77,87)(H,78,85)/t50-,52-,67?,68-/m0/s1. The number of aromatic nitrogens is 6. The quantitative estimate of drug-likeness (QED) is 0.0159. The van der Waals surface area contributed by atoms with Crippen molar-refractivity contribution in [2.45, 2.75) is 93.4 Å².